The Kier molecular flexibility index (Phi) is 4.30. The molecule has 1 amide bonds. The van der Waals surface area contributed by atoms with Crippen LogP contribution in [0.1, 0.15) is 50.6 Å². The molecule has 0 aromatic carbocycles. The van der Waals surface area contributed by atoms with Gasteiger partial charge in [0, 0.05) is 24.9 Å². The van der Waals surface area contributed by atoms with E-state index in [1.807, 2.05) is 27.8 Å². The number of hydrogen-bond acceptors (Lipinski definition) is 2. The lowest BCUT2D eigenvalue weighted by Crippen LogP contribution is -2.46. The van der Waals surface area contributed by atoms with Gasteiger partial charge >= 0.3 is 0 Å². The molecule has 0 N–H and O–H groups in total. The summed E-state index contributed by atoms with van der Waals surface area (Å²) in [4.78, 5) is 14.8. The Bertz CT molecular complexity index is 431. The Morgan fingerprint density at radius 3 is 2.68 bits per heavy atom. The van der Waals surface area contributed by atoms with Gasteiger partial charge in [-0.1, -0.05) is 0 Å². The summed E-state index contributed by atoms with van der Waals surface area (Å²) in [7, 11) is 0. The first-order chi connectivity index (χ1) is 9.02. The first-order valence-electron chi connectivity index (χ1n) is 7.09. The highest BCUT2D eigenvalue weighted by molar-refractivity contribution is 5.93. The van der Waals surface area contributed by atoms with Gasteiger partial charge in [-0.25, -0.2) is 0 Å². The van der Waals surface area contributed by atoms with E-state index in [0.29, 0.717) is 12.6 Å². The summed E-state index contributed by atoms with van der Waals surface area (Å²) in [5.74, 6) is 0.115. The second kappa shape index (κ2) is 5.78. The summed E-state index contributed by atoms with van der Waals surface area (Å²) < 4.78 is 7.47. The molecular weight excluding hydrogens is 240 g/mol. The van der Waals surface area contributed by atoms with E-state index < -0.39 is 0 Å². The van der Waals surface area contributed by atoms with Crippen molar-refractivity contribution >= 4 is 5.91 Å². The molecule has 0 spiro atoms. The van der Waals surface area contributed by atoms with Crippen LogP contribution in [0.4, 0.5) is 0 Å². The van der Waals surface area contributed by atoms with E-state index in [1.165, 1.54) is 0 Å². The predicted octanol–water partition coefficient (Wildman–Crippen LogP) is 2.71. The molecule has 19 heavy (non-hydrogen) atoms. The number of nitrogens with zero attached hydrogens (tertiary/aromatic N) is 2. The Hall–Kier alpha value is -1.29. The fraction of sp³-hybridized carbons (Fsp3) is 0.667. The summed E-state index contributed by atoms with van der Waals surface area (Å²) in [6.07, 6.45) is 2.91. The molecule has 2 heterocycles. The van der Waals surface area contributed by atoms with E-state index in [9.17, 15) is 4.79 Å². The van der Waals surface area contributed by atoms with Crippen molar-refractivity contribution in [2.24, 2.45) is 0 Å². The smallest absolute Gasteiger partial charge is 0.271 e. The van der Waals surface area contributed by atoms with E-state index >= 15 is 0 Å². The zero-order chi connectivity index (χ0) is 14.0. The maximum absolute atomic E-state index is 12.8. The lowest BCUT2D eigenvalue weighted by atomic mass is 10.1. The van der Waals surface area contributed by atoms with E-state index in [0.717, 1.165) is 18.7 Å². The minimum atomic E-state index is 0.115. The van der Waals surface area contributed by atoms with Gasteiger partial charge in [-0.15, -0.1) is 0 Å². The summed E-state index contributed by atoms with van der Waals surface area (Å²) in [5, 5.41) is 0. The molecular formula is C15H24N2O2. The zero-order valence-corrected chi connectivity index (χ0v) is 12.3. The maximum Gasteiger partial charge on any atom is 0.271 e. The second-order valence-electron chi connectivity index (χ2n) is 5.72. The summed E-state index contributed by atoms with van der Waals surface area (Å²) >= 11 is 0. The van der Waals surface area contributed by atoms with Gasteiger partial charge in [0.05, 0.1) is 12.6 Å². The quantitative estimate of drug-likeness (QED) is 0.838. The third kappa shape index (κ3) is 2.84. The third-order valence-corrected chi connectivity index (χ3v) is 3.64. The average Bonchev–Trinajstić information content (AvgIpc) is 2.98. The predicted molar refractivity (Wildman–Crippen MR) is 75.3 cm³/mol. The molecule has 0 aliphatic carbocycles. The van der Waals surface area contributed by atoms with Gasteiger partial charge in [-0.05, 0) is 46.2 Å². The topological polar surface area (TPSA) is 34.5 Å². The highest BCUT2D eigenvalue weighted by Gasteiger charge is 2.31. The summed E-state index contributed by atoms with van der Waals surface area (Å²) in [6.45, 7) is 9.74. The number of aromatic nitrogens is 1. The first kappa shape index (κ1) is 14.1. The van der Waals surface area contributed by atoms with Crippen molar-refractivity contribution in [2.45, 2.75) is 52.2 Å². The molecule has 1 aromatic rings. The standard InChI is InChI=1S/C15H24N2O2/c1-11(2)16-8-5-6-14(16)15(18)17(12(3)4)13-7-9-19-10-13/h5-6,8,11-13H,7,9-10H2,1-4H3. The number of carbonyl (C=O) groups excluding carboxylic acids is 1. The van der Waals surface area contributed by atoms with Crippen LogP contribution in [-0.2, 0) is 4.74 Å². The van der Waals surface area contributed by atoms with Gasteiger partial charge in [-0.2, -0.15) is 0 Å². The number of carbonyl (C=O) groups is 1. The fourth-order valence-corrected chi connectivity index (χ4v) is 2.72. The zero-order valence-electron chi connectivity index (χ0n) is 12.3. The lowest BCUT2D eigenvalue weighted by molar-refractivity contribution is 0.0569. The molecule has 1 aromatic heterocycles. The molecule has 0 saturated carbocycles. The molecule has 2 rings (SSSR count). The van der Waals surface area contributed by atoms with Crippen molar-refractivity contribution in [1.82, 2.24) is 9.47 Å². The molecule has 106 valence electrons. The van der Waals surface area contributed by atoms with Gasteiger partial charge in [0.2, 0.25) is 0 Å². The van der Waals surface area contributed by atoms with Gasteiger partial charge < -0.3 is 14.2 Å². The number of ether oxygens (including phenoxy) is 1. The van der Waals surface area contributed by atoms with Gasteiger partial charge in [0.1, 0.15) is 5.69 Å². The highest BCUT2D eigenvalue weighted by atomic mass is 16.5. The minimum absolute atomic E-state index is 0.115. The second-order valence-corrected chi connectivity index (χ2v) is 5.72. The molecule has 1 saturated heterocycles. The van der Waals surface area contributed by atoms with Crippen molar-refractivity contribution in [2.75, 3.05) is 13.2 Å². The SMILES string of the molecule is CC(C)N(C(=O)c1cccn1C(C)C)C1CCOC1. The summed E-state index contributed by atoms with van der Waals surface area (Å²) in [6, 6.07) is 4.55. The third-order valence-electron chi connectivity index (χ3n) is 3.64. The van der Waals surface area contributed by atoms with Gasteiger partial charge in [-0.3, -0.25) is 4.79 Å². The van der Waals surface area contributed by atoms with Crippen molar-refractivity contribution in [3.63, 3.8) is 0 Å². The Labute approximate surface area is 115 Å². The average molecular weight is 264 g/mol. The molecule has 4 nitrogen and oxygen atoms in total. The van der Waals surface area contributed by atoms with Crippen LogP contribution >= 0.6 is 0 Å². The molecule has 0 radical (unpaired) electrons. The van der Waals surface area contributed by atoms with E-state index in [1.54, 1.807) is 0 Å². The van der Waals surface area contributed by atoms with Crippen LogP contribution in [-0.4, -0.2) is 40.7 Å². The van der Waals surface area contributed by atoms with Gasteiger partial charge in [0.25, 0.3) is 5.91 Å². The van der Waals surface area contributed by atoms with E-state index in [-0.39, 0.29) is 18.0 Å². The maximum atomic E-state index is 12.8. The summed E-state index contributed by atoms with van der Waals surface area (Å²) in [5.41, 5.74) is 0.774. The molecule has 1 aliphatic heterocycles. The van der Waals surface area contributed by atoms with Crippen LogP contribution in [0.5, 0.6) is 0 Å². The minimum Gasteiger partial charge on any atom is -0.379 e. The fourth-order valence-electron chi connectivity index (χ4n) is 2.72. The van der Waals surface area contributed by atoms with E-state index in [4.69, 9.17) is 4.74 Å². The first-order valence-corrected chi connectivity index (χ1v) is 7.09. The van der Waals surface area contributed by atoms with Crippen molar-refractivity contribution in [1.29, 1.82) is 0 Å². The number of amides is 1. The van der Waals surface area contributed by atoms with Crippen molar-refractivity contribution in [3.8, 4) is 0 Å². The van der Waals surface area contributed by atoms with Crippen molar-refractivity contribution < 1.29 is 9.53 Å². The normalized spacial score (nSPS) is 19.4. The molecule has 1 unspecified atom stereocenters. The van der Waals surface area contributed by atoms with Gasteiger partial charge in [0.15, 0.2) is 0 Å². The molecule has 4 heteroatoms. The Balaban J connectivity index is 2.26. The van der Waals surface area contributed by atoms with Crippen LogP contribution in [0.15, 0.2) is 18.3 Å². The number of hydrogen-bond donors (Lipinski definition) is 0. The van der Waals surface area contributed by atoms with Crippen LogP contribution in [0, 0.1) is 0 Å². The molecule has 1 aliphatic rings. The molecule has 0 bridgehead atoms. The van der Waals surface area contributed by atoms with E-state index in [2.05, 4.69) is 27.7 Å². The monoisotopic (exact) mass is 264 g/mol. The number of rotatable bonds is 4. The largest absolute Gasteiger partial charge is 0.379 e. The van der Waals surface area contributed by atoms with Crippen LogP contribution < -0.4 is 0 Å². The van der Waals surface area contributed by atoms with Crippen LogP contribution in [0.3, 0.4) is 0 Å². The molecule has 1 fully saturated rings. The highest BCUT2D eigenvalue weighted by Crippen LogP contribution is 2.20. The lowest BCUT2D eigenvalue weighted by Gasteiger charge is -2.32. The van der Waals surface area contributed by atoms with Crippen LogP contribution in [0.25, 0.3) is 0 Å². The molecule has 1 atom stereocenters. The Morgan fingerprint density at radius 1 is 1.42 bits per heavy atom. The van der Waals surface area contributed by atoms with Crippen molar-refractivity contribution in [3.05, 3.63) is 24.0 Å². The van der Waals surface area contributed by atoms with Crippen LogP contribution in [0.2, 0.25) is 0 Å². The Morgan fingerprint density at radius 2 is 2.16 bits per heavy atom.